The average molecular weight is 334 g/mol. The molecule has 0 aromatic heterocycles. The molecule has 3 rings (SSSR count). The van der Waals surface area contributed by atoms with E-state index >= 15 is 0 Å². The van der Waals surface area contributed by atoms with Crippen LogP contribution in [-0.2, 0) is 19.3 Å². The van der Waals surface area contributed by atoms with E-state index in [1.54, 1.807) is 13.0 Å². The van der Waals surface area contributed by atoms with E-state index in [1.807, 2.05) is 12.1 Å². The van der Waals surface area contributed by atoms with Gasteiger partial charge in [-0.25, -0.2) is 0 Å². The van der Waals surface area contributed by atoms with Crippen molar-refractivity contribution in [3.8, 4) is 0 Å². The number of hydrogen-bond donors (Lipinski definition) is 2. The van der Waals surface area contributed by atoms with Crippen LogP contribution < -0.4 is 10.6 Å². The molecule has 3 nitrogen and oxygen atoms in total. The highest BCUT2D eigenvalue weighted by atomic mass is 19.4. The zero-order valence-electron chi connectivity index (χ0n) is 13.1. The zero-order valence-corrected chi connectivity index (χ0v) is 13.1. The number of rotatable bonds is 3. The van der Waals surface area contributed by atoms with Gasteiger partial charge in [0.05, 0.1) is 11.6 Å². The zero-order chi connectivity index (χ0) is 17.3. The molecule has 0 saturated heterocycles. The van der Waals surface area contributed by atoms with E-state index < -0.39 is 11.7 Å². The number of halogens is 3. The van der Waals surface area contributed by atoms with Crippen molar-refractivity contribution in [3.63, 3.8) is 0 Å². The Kier molecular flexibility index (Phi) is 4.32. The summed E-state index contributed by atoms with van der Waals surface area (Å²) < 4.78 is 37.8. The van der Waals surface area contributed by atoms with Crippen molar-refractivity contribution < 1.29 is 18.0 Å². The predicted octanol–water partition coefficient (Wildman–Crippen LogP) is 3.80. The van der Waals surface area contributed by atoms with Crippen LogP contribution in [0.2, 0.25) is 0 Å². The van der Waals surface area contributed by atoms with Gasteiger partial charge in [-0.1, -0.05) is 18.2 Å². The predicted molar refractivity (Wildman–Crippen MR) is 84.3 cm³/mol. The highest BCUT2D eigenvalue weighted by Crippen LogP contribution is 2.30. The lowest BCUT2D eigenvalue weighted by Gasteiger charge is -2.16. The maximum atomic E-state index is 12.6. The van der Waals surface area contributed by atoms with E-state index in [2.05, 4.69) is 10.6 Å². The Morgan fingerprint density at radius 2 is 1.75 bits per heavy atom. The third-order valence-corrected chi connectivity index (χ3v) is 4.18. The molecule has 2 aromatic carbocycles. The summed E-state index contributed by atoms with van der Waals surface area (Å²) in [7, 11) is 0. The number of carbonyl (C=O) groups excluding carboxylic acids is 1. The quantitative estimate of drug-likeness (QED) is 0.896. The average Bonchev–Trinajstić information content (AvgIpc) is 3.01. The number of fused-ring (bicyclic) bond motifs is 1. The minimum atomic E-state index is -4.36. The molecular formula is C18H17F3N2O. The van der Waals surface area contributed by atoms with Gasteiger partial charge in [-0.3, -0.25) is 4.79 Å². The van der Waals surface area contributed by atoms with E-state index in [4.69, 9.17) is 0 Å². The van der Waals surface area contributed by atoms with Crippen LogP contribution in [0, 0.1) is 0 Å². The van der Waals surface area contributed by atoms with Crippen LogP contribution in [0.5, 0.6) is 0 Å². The Morgan fingerprint density at radius 3 is 2.42 bits per heavy atom. The topological polar surface area (TPSA) is 41.1 Å². The first-order valence-electron chi connectivity index (χ1n) is 7.65. The lowest BCUT2D eigenvalue weighted by Crippen LogP contribution is -2.26. The van der Waals surface area contributed by atoms with E-state index in [9.17, 15) is 18.0 Å². The van der Waals surface area contributed by atoms with Crippen molar-refractivity contribution in [1.29, 1.82) is 0 Å². The Morgan fingerprint density at radius 1 is 1.08 bits per heavy atom. The third-order valence-electron chi connectivity index (χ3n) is 4.18. The molecule has 0 spiro atoms. The first kappa shape index (κ1) is 16.5. The molecule has 0 bridgehead atoms. The fraction of sp³-hybridized carbons (Fsp3) is 0.278. The molecule has 0 saturated carbocycles. The normalized spacial score (nSPS) is 15.0. The second-order valence-corrected chi connectivity index (χ2v) is 5.90. The molecule has 1 atom stereocenters. The van der Waals surface area contributed by atoms with Gasteiger partial charge < -0.3 is 10.6 Å². The lowest BCUT2D eigenvalue weighted by atomic mass is 10.0. The van der Waals surface area contributed by atoms with Crippen LogP contribution in [-0.4, -0.2) is 5.91 Å². The second-order valence-electron chi connectivity index (χ2n) is 5.90. The fourth-order valence-electron chi connectivity index (χ4n) is 2.76. The summed E-state index contributed by atoms with van der Waals surface area (Å²) in [5.41, 5.74) is 2.76. The largest absolute Gasteiger partial charge is 0.416 e. The van der Waals surface area contributed by atoms with Gasteiger partial charge in [0, 0.05) is 18.7 Å². The van der Waals surface area contributed by atoms with Crippen LogP contribution >= 0.6 is 0 Å². The highest BCUT2D eigenvalue weighted by Gasteiger charge is 2.30. The molecule has 24 heavy (non-hydrogen) atoms. The molecule has 0 aliphatic carbocycles. The molecular weight excluding hydrogens is 317 g/mol. The molecule has 1 amide bonds. The number of carbonyl (C=O) groups is 1. The molecule has 1 aliphatic rings. The Bertz CT molecular complexity index is 754. The van der Waals surface area contributed by atoms with Crippen LogP contribution in [0.25, 0.3) is 0 Å². The monoisotopic (exact) mass is 334 g/mol. The molecule has 6 heteroatoms. The Labute approximate surface area is 137 Å². The summed E-state index contributed by atoms with van der Waals surface area (Å²) in [6.07, 6.45) is -4.36. The van der Waals surface area contributed by atoms with Crippen LogP contribution in [0.4, 0.5) is 13.2 Å². The van der Waals surface area contributed by atoms with Gasteiger partial charge in [0.15, 0.2) is 0 Å². The smallest absolute Gasteiger partial charge is 0.346 e. The van der Waals surface area contributed by atoms with E-state index in [1.165, 1.54) is 17.7 Å². The molecule has 0 fully saturated rings. The van der Waals surface area contributed by atoms with Crippen molar-refractivity contribution in [2.24, 2.45) is 0 Å². The summed E-state index contributed by atoms with van der Waals surface area (Å²) >= 11 is 0. The fourth-order valence-corrected chi connectivity index (χ4v) is 2.76. The van der Waals surface area contributed by atoms with Crippen molar-refractivity contribution >= 4 is 5.91 Å². The van der Waals surface area contributed by atoms with Gasteiger partial charge in [-0.05, 0) is 47.9 Å². The third kappa shape index (κ3) is 3.43. The van der Waals surface area contributed by atoms with E-state index in [0.29, 0.717) is 11.1 Å². The van der Waals surface area contributed by atoms with Gasteiger partial charge in [-0.2, -0.15) is 13.2 Å². The summed E-state index contributed by atoms with van der Waals surface area (Å²) in [5, 5.41) is 6.04. The maximum absolute atomic E-state index is 12.6. The van der Waals surface area contributed by atoms with E-state index in [0.717, 1.165) is 30.8 Å². The van der Waals surface area contributed by atoms with Crippen LogP contribution in [0.3, 0.4) is 0 Å². The van der Waals surface area contributed by atoms with Gasteiger partial charge >= 0.3 is 6.18 Å². The van der Waals surface area contributed by atoms with Crippen molar-refractivity contribution in [1.82, 2.24) is 10.6 Å². The first-order valence-corrected chi connectivity index (χ1v) is 7.65. The maximum Gasteiger partial charge on any atom is 0.416 e. The van der Waals surface area contributed by atoms with Crippen LogP contribution in [0.15, 0.2) is 42.5 Å². The summed E-state index contributed by atoms with van der Waals surface area (Å²) in [4.78, 5) is 12.3. The Hall–Kier alpha value is -2.34. The summed E-state index contributed by atoms with van der Waals surface area (Å²) in [5.74, 6) is -0.239. The SMILES string of the molecule is CC(NC(=O)c1ccc2c(c1)CNC2)c1ccc(C(F)(F)F)cc1. The second kappa shape index (κ2) is 6.28. The number of nitrogens with one attached hydrogen (secondary N) is 2. The summed E-state index contributed by atoms with van der Waals surface area (Å²) in [6, 6.07) is 9.99. The minimum Gasteiger partial charge on any atom is -0.346 e. The molecule has 2 N–H and O–H groups in total. The van der Waals surface area contributed by atoms with Crippen molar-refractivity contribution in [2.45, 2.75) is 32.2 Å². The van der Waals surface area contributed by atoms with Gasteiger partial charge in [-0.15, -0.1) is 0 Å². The van der Waals surface area contributed by atoms with Crippen molar-refractivity contribution in [2.75, 3.05) is 0 Å². The van der Waals surface area contributed by atoms with Gasteiger partial charge in [0.1, 0.15) is 0 Å². The highest BCUT2D eigenvalue weighted by molar-refractivity contribution is 5.94. The Balaban J connectivity index is 1.70. The van der Waals surface area contributed by atoms with Gasteiger partial charge in [0.2, 0.25) is 0 Å². The molecule has 1 aliphatic heterocycles. The van der Waals surface area contributed by atoms with Gasteiger partial charge in [0.25, 0.3) is 5.91 Å². The number of amides is 1. The number of alkyl halides is 3. The number of hydrogen-bond acceptors (Lipinski definition) is 2. The van der Waals surface area contributed by atoms with Crippen LogP contribution in [0.1, 0.15) is 45.6 Å². The minimum absolute atomic E-state index is 0.239. The molecule has 1 unspecified atom stereocenters. The first-order chi connectivity index (χ1) is 11.3. The van der Waals surface area contributed by atoms with Crippen molar-refractivity contribution in [3.05, 3.63) is 70.3 Å². The molecule has 126 valence electrons. The molecule has 2 aromatic rings. The summed E-state index contributed by atoms with van der Waals surface area (Å²) in [6.45, 7) is 3.29. The molecule has 0 radical (unpaired) electrons. The van der Waals surface area contributed by atoms with E-state index in [-0.39, 0.29) is 11.9 Å². The number of benzene rings is 2. The lowest BCUT2D eigenvalue weighted by molar-refractivity contribution is -0.137. The molecule has 1 heterocycles. The standard InChI is InChI=1S/C18H17F3N2O/c1-11(12-4-6-16(7-5-12)18(19,20)21)23-17(24)13-2-3-14-9-22-10-15(14)8-13/h2-8,11,22H,9-10H2,1H3,(H,23,24).